The van der Waals surface area contributed by atoms with Gasteiger partial charge < -0.3 is 4.90 Å². The Hall–Kier alpha value is -4.70. The van der Waals surface area contributed by atoms with Crippen molar-refractivity contribution in [3.8, 4) is 0 Å². The number of imide groups is 1. The fraction of sp³-hybridized carbons (Fsp3) is 0.161. The maximum absolute atomic E-state index is 14.0. The van der Waals surface area contributed by atoms with Crippen LogP contribution in [0.15, 0.2) is 101 Å². The Balaban J connectivity index is 1.45. The Kier molecular flexibility index (Phi) is 6.50. The van der Waals surface area contributed by atoms with Crippen molar-refractivity contribution in [2.75, 3.05) is 4.90 Å². The molecule has 0 bridgehead atoms. The monoisotopic (exact) mass is 611 g/mol. The number of allylic oxidation sites excluding steroid dienone is 2. The SMILES string of the molecule is Cc1ccc([N+](=O)[O-])cc1N1C(=O)[C@@H]2[C@@H](C1=O)[C@@H](C(=O)c1ccc(Br)cc1)N1C=CC(C(=O)c3ccccc3)=C[C@H]21. The second-order valence-electron chi connectivity index (χ2n) is 10.2. The van der Waals surface area contributed by atoms with Gasteiger partial charge in [0.2, 0.25) is 11.8 Å². The Morgan fingerprint density at radius 3 is 2.27 bits per heavy atom. The van der Waals surface area contributed by atoms with Gasteiger partial charge in [-0.2, -0.15) is 0 Å². The molecule has 10 heteroatoms. The highest BCUT2D eigenvalue weighted by atomic mass is 79.9. The Labute approximate surface area is 243 Å². The van der Waals surface area contributed by atoms with E-state index in [1.807, 2.05) is 0 Å². The number of rotatable bonds is 6. The minimum Gasteiger partial charge on any atom is -0.359 e. The molecule has 0 aliphatic carbocycles. The quantitative estimate of drug-likeness (QED) is 0.166. The molecule has 41 heavy (non-hydrogen) atoms. The molecule has 0 radical (unpaired) electrons. The maximum Gasteiger partial charge on any atom is 0.271 e. The third-order valence-electron chi connectivity index (χ3n) is 7.89. The summed E-state index contributed by atoms with van der Waals surface area (Å²) in [5.41, 5.74) is 1.54. The standard InChI is InChI=1S/C31H22BrN3O6/c1-17-7-12-22(35(40)41)16-23(17)34-30(38)25-24-15-20(28(36)18-5-3-2-4-6-18)13-14-33(24)27(26(25)31(34)39)29(37)19-8-10-21(32)11-9-19/h2-16,24-27H,1H3/t24-,25+,26-,27+/m1/s1. The molecular formula is C31H22BrN3O6. The summed E-state index contributed by atoms with van der Waals surface area (Å²) in [5.74, 6) is -3.80. The second kappa shape index (κ2) is 10.0. The second-order valence-corrected chi connectivity index (χ2v) is 11.1. The molecule has 0 N–H and O–H groups in total. The molecule has 9 nitrogen and oxygen atoms in total. The first kappa shape index (κ1) is 26.5. The van der Waals surface area contributed by atoms with Crippen molar-refractivity contribution in [1.82, 2.24) is 4.90 Å². The van der Waals surface area contributed by atoms with E-state index in [0.29, 0.717) is 22.3 Å². The number of Topliss-reactive ketones (excluding diaryl/α,β-unsaturated/α-hetero) is 2. The lowest BCUT2D eigenvalue weighted by molar-refractivity contribution is -0.384. The van der Waals surface area contributed by atoms with Gasteiger partial charge in [0.05, 0.1) is 28.5 Å². The average Bonchev–Trinajstić information content (AvgIpc) is 3.44. The van der Waals surface area contributed by atoms with Crippen LogP contribution in [-0.4, -0.2) is 45.3 Å². The first-order valence-electron chi connectivity index (χ1n) is 12.9. The average molecular weight is 612 g/mol. The van der Waals surface area contributed by atoms with E-state index in [0.717, 1.165) is 9.37 Å². The van der Waals surface area contributed by atoms with Crippen LogP contribution in [-0.2, 0) is 9.59 Å². The van der Waals surface area contributed by atoms with Crippen molar-refractivity contribution in [1.29, 1.82) is 0 Å². The topological polar surface area (TPSA) is 118 Å². The van der Waals surface area contributed by atoms with Gasteiger partial charge in [-0.1, -0.05) is 70.5 Å². The largest absolute Gasteiger partial charge is 0.359 e. The van der Waals surface area contributed by atoms with E-state index in [9.17, 15) is 29.3 Å². The van der Waals surface area contributed by atoms with E-state index < -0.39 is 40.7 Å². The summed E-state index contributed by atoms with van der Waals surface area (Å²) >= 11 is 3.37. The normalized spacial score (nSPS) is 22.8. The molecule has 3 aliphatic rings. The summed E-state index contributed by atoms with van der Waals surface area (Å²) in [7, 11) is 0. The van der Waals surface area contributed by atoms with Gasteiger partial charge >= 0.3 is 0 Å². The van der Waals surface area contributed by atoms with Gasteiger partial charge in [0.15, 0.2) is 11.6 Å². The third kappa shape index (κ3) is 4.31. The van der Waals surface area contributed by atoms with Gasteiger partial charge in [-0.15, -0.1) is 0 Å². The molecule has 0 unspecified atom stereocenters. The minimum atomic E-state index is -1.06. The van der Waals surface area contributed by atoms with Crippen LogP contribution in [0.1, 0.15) is 26.3 Å². The van der Waals surface area contributed by atoms with E-state index in [-0.39, 0.29) is 22.9 Å². The highest BCUT2D eigenvalue weighted by Crippen LogP contribution is 2.48. The summed E-state index contributed by atoms with van der Waals surface area (Å²) in [6.45, 7) is 1.66. The summed E-state index contributed by atoms with van der Waals surface area (Å²) in [6, 6.07) is 17.7. The summed E-state index contributed by atoms with van der Waals surface area (Å²) in [5, 5.41) is 11.5. The van der Waals surface area contributed by atoms with Crippen molar-refractivity contribution < 1.29 is 24.1 Å². The highest BCUT2D eigenvalue weighted by Gasteiger charge is 2.63. The minimum absolute atomic E-state index is 0.112. The van der Waals surface area contributed by atoms with Crippen molar-refractivity contribution in [2.24, 2.45) is 11.8 Å². The van der Waals surface area contributed by atoms with Crippen LogP contribution in [0.3, 0.4) is 0 Å². The Bertz CT molecular complexity index is 1700. The molecule has 2 saturated heterocycles. The third-order valence-corrected chi connectivity index (χ3v) is 8.42. The molecule has 2 amide bonds. The zero-order chi connectivity index (χ0) is 29.0. The fourth-order valence-electron chi connectivity index (χ4n) is 5.93. The first-order chi connectivity index (χ1) is 19.7. The Morgan fingerprint density at radius 2 is 1.59 bits per heavy atom. The number of nitro groups is 1. The van der Waals surface area contributed by atoms with Crippen LogP contribution in [0.2, 0.25) is 0 Å². The maximum atomic E-state index is 14.0. The fourth-order valence-corrected chi connectivity index (χ4v) is 6.19. The van der Waals surface area contributed by atoms with E-state index >= 15 is 0 Å². The van der Waals surface area contributed by atoms with Gasteiger partial charge in [-0.25, -0.2) is 4.90 Å². The smallest absolute Gasteiger partial charge is 0.271 e. The summed E-state index contributed by atoms with van der Waals surface area (Å²) in [4.78, 5) is 68.9. The number of ketones is 2. The predicted molar refractivity (Wildman–Crippen MR) is 153 cm³/mol. The van der Waals surface area contributed by atoms with Crippen molar-refractivity contribution in [3.05, 3.63) is 128 Å². The molecule has 4 atom stereocenters. The lowest BCUT2D eigenvalue weighted by Crippen LogP contribution is -2.46. The number of carbonyl (C=O) groups excluding carboxylic acids is 4. The van der Waals surface area contributed by atoms with Crippen molar-refractivity contribution in [2.45, 2.75) is 19.0 Å². The number of nitro benzene ring substituents is 1. The lowest BCUT2D eigenvalue weighted by atomic mass is 9.85. The number of benzene rings is 3. The first-order valence-corrected chi connectivity index (χ1v) is 13.7. The van der Waals surface area contributed by atoms with Crippen molar-refractivity contribution >= 4 is 50.7 Å². The van der Waals surface area contributed by atoms with Crippen LogP contribution < -0.4 is 4.90 Å². The number of carbonyl (C=O) groups is 4. The van der Waals surface area contributed by atoms with Gasteiger partial charge in [0.25, 0.3) is 5.69 Å². The van der Waals surface area contributed by atoms with E-state index in [2.05, 4.69) is 15.9 Å². The molecule has 3 aliphatic heterocycles. The number of hydrogen-bond donors (Lipinski definition) is 0. The summed E-state index contributed by atoms with van der Waals surface area (Å²) < 4.78 is 0.778. The molecule has 0 spiro atoms. The van der Waals surface area contributed by atoms with Gasteiger partial charge in [-0.05, 0) is 30.7 Å². The number of hydrogen-bond acceptors (Lipinski definition) is 7. The van der Waals surface area contributed by atoms with Gasteiger partial charge in [0.1, 0.15) is 6.04 Å². The number of amides is 2. The van der Waals surface area contributed by atoms with Gasteiger partial charge in [-0.3, -0.25) is 29.3 Å². The number of anilines is 1. The predicted octanol–water partition coefficient (Wildman–Crippen LogP) is 5.04. The number of non-ortho nitro benzene ring substituents is 1. The summed E-state index contributed by atoms with van der Waals surface area (Å²) in [6.07, 6.45) is 4.87. The number of fused-ring (bicyclic) bond motifs is 3. The van der Waals surface area contributed by atoms with Crippen LogP contribution in [0.25, 0.3) is 0 Å². The Morgan fingerprint density at radius 1 is 0.902 bits per heavy atom. The number of aryl methyl sites for hydroxylation is 1. The molecule has 3 aromatic rings. The molecule has 3 heterocycles. The van der Waals surface area contributed by atoms with E-state index in [1.54, 1.807) is 84.8 Å². The molecule has 2 fully saturated rings. The van der Waals surface area contributed by atoms with E-state index in [4.69, 9.17) is 0 Å². The van der Waals surface area contributed by atoms with Crippen LogP contribution in [0, 0.1) is 28.9 Å². The zero-order valence-corrected chi connectivity index (χ0v) is 23.2. The van der Waals surface area contributed by atoms with Crippen LogP contribution in [0.5, 0.6) is 0 Å². The zero-order valence-electron chi connectivity index (χ0n) is 21.6. The molecule has 0 saturated carbocycles. The molecule has 204 valence electrons. The molecule has 0 aromatic heterocycles. The van der Waals surface area contributed by atoms with Crippen LogP contribution >= 0.6 is 15.9 Å². The van der Waals surface area contributed by atoms with E-state index in [1.165, 1.54) is 18.2 Å². The lowest BCUT2D eigenvalue weighted by Gasteiger charge is -2.33. The number of halogens is 1. The highest BCUT2D eigenvalue weighted by molar-refractivity contribution is 9.10. The molecular weight excluding hydrogens is 590 g/mol. The van der Waals surface area contributed by atoms with Gasteiger partial charge in [0, 0.05) is 39.5 Å². The molecule has 3 aromatic carbocycles. The van der Waals surface area contributed by atoms with Crippen LogP contribution in [0.4, 0.5) is 11.4 Å². The van der Waals surface area contributed by atoms with Crippen molar-refractivity contribution in [3.63, 3.8) is 0 Å². The molecule has 6 rings (SSSR count). The number of nitrogens with zero attached hydrogens (tertiary/aromatic N) is 3.